The van der Waals surface area contributed by atoms with Crippen LogP contribution in [0.15, 0.2) is 24.4 Å². The molecular formula is C20H26ClN3O2. The number of piperidine rings is 1. The van der Waals surface area contributed by atoms with E-state index in [1.165, 1.54) is 5.56 Å². The normalized spacial score (nSPS) is 18.1. The zero-order chi connectivity index (χ0) is 18.7. The lowest BCUT2D eigenvalue weighted by atomic mass is 9.89. The number of methoxy groups -OCH3 is 1. The van der Waals surface area contributed by atoms with Crippen LogP contribution in [0.4, 0.5) is 0 Å². The Balaban J connectivity index is 1.73. The molecule has 1 aliphatic rings. The summed E-state index contributed by atoms with van der Waals surface area (Å²) >= 11 is 6.10. The van der Waals surface area contributed by atoms with Gasteiger partial charge in [-0.1, -0.05) is 11.6 Å². The molecule has 0 radical (unpaired) electrons. The maximum absolute atomic E-state index is 13.1. The van der Waals surface area contributed by atoms with Gasteiger partial charge in [-0.25, -0.2) is 0 Å². The Bertz CT molecular complexity index is 787. The highest BCUT2D eigenvalue weighted by molar-refractivity contribution is 6.31. The summed E-state index contributed by atoms with van der Waals surface area (Å²) in [5.41, 5.74) is 2.89. The minimum atomic E-state index is -0.0300. The topological polar surface area (TPSA) is 47.4 Å². The van der Waals surface area contributed by atoms with Crippen LogP contribution in [0, 0.1) is 12.8 Å². The third-order valence-electron chi connectivity index (χ3n) is 5.07. The number of hydrogen-bond acceptors (Lipinski definition) is 4. The van der Waals surface area contributed by atoms with E-state index < -0.39 is 0 Å². The van der Waals surface area contributed by atoms with Crippen LogP contribution in [-0.2, 0) is 13.1 Å². The number of likely N-dealkylation sites (tertiary alicyclic amines) is 1. The van der Waals surface area contributed by atoms with Gasteiger partial charge in [-0.05, 0) is 51.4 Å². The van der Waals surface area contributed by atoms with Crippen LogP contribution in [0.2, 0.25) is 5.02 Å². The van der Waals surface area contributed by atoms with Crippen LogP contribution in [-0.4, -0.2) is 40.7 Å². The number of aromatic nitrogens is 2. The molecule has 2 aromatic rings. The van der Waals surface area contributed by atoms with E-state index in [1.54, 1.807) is 25.3 Å². The van der Waals surface area contributed by atoms with E-state index in [-0.39, 0.29) is 11.7 Å². The number of benzene rings is 1. The predicted octanol–water partition coefficient (Wildman–Crippen LogP) is 3.97. The Hall–Kier alpha value is -1.85. The number of nitrogens with zero attached hydrogens (tertiary/aromatic N) is 3. The molecule has 0 bridgehead atoms. The average Bonchev–Trinajstić information content (AvgIpc) is 3.01. The fraction of sp³-hybridized carbons (Fsp3) is 0.500. The van der Waals surface area contributed by atoms with Crippen LogP contribution >= 0.6 is 11.6 Å². The zero-order valence-electron chi connectivity index (χ0n) is 15.7. The monoisotopic (exact) mass is 375 g/mol. The van der Waals surface area contributed by atoms with E-state index in [0.29, 0.717) is 16.3 Å². The molecule has 0 aliphatic carbocycles. The molecule has 2 heterocycles. The van der Waals surface area contributed by atoms with Crippen molar-refractivity contribution in [1.82, 2.24) is 14.7 Å². The molecule has 140 valence electrons. The first kappa shape index (κ1) is 18.9. The van der Waals surface area contributed by atoms with Gasteiger partial charge >= 0.3 is 0 Å². The Morgan fingerprint density at radius 3 is 2.92 bits per heavy atom. The van der Waals surface area contributed by atoms with Gasteiger partial charge in [-0.3, -0.25) is 14.4 Å². The van der Waals surface area contributed by atoms with E-state index in [2.05, 4.69) is 23.1 Å². The fourth-order valence-corrected chi connectivity index (χ4v) is 3.80. The summed E-state index contributed by atoms with van der Waals surface area (Å²) in [4.78, 5) is 15.4. The van der Waals surface area contributed by atoms with E-state index in [4.69, 9.17) is 16.3 Å². The van der Waals surface area contributed by atoms with E-state index in [0.717, 1.165) is 44.7 Å². The molecule has 1 fully saturated rings. The van der Waals surface area contributed by atoms with Gasteiger partial charge < -0.3 is 4.74 Å². The minimum absolute atomic E-state index is 0.0300. The maximum atomic E-state index is 13.1. The van der Waals surface area contributed by atoms with Crippen LogP contribution in [0.5, 0.6) is 5.75 Å². The van der Waals surface area contributed by atoms with Crippen molar-refractivity contribution in [3.05, 3.63) is 46.2 Å². The lowest BCUT2D eigenvalue weighted by Crippen LogP contribution is -2.38. The third kappa shape index (κ3) is 4.10. The van der Waals surface area contributed by atoms with Crippen LogP contribution < -0.4 is 4.74 Å². The van der Waals surface area contributed by atoms with Gasteiger partial charge in [-0.15, -0.1) is 0 Å². The summed E-state index contributed by atoms with van der Waals surface area (Å²) in [6.45, 7) is 7.60. The Morgan fingerprint density at radius 1 is 1.42 bits per heavy atom. The molecular weight excluding hydrogens is 350 g/mol. The summed E-state index contributed by atoms with van der Waals surface area (Å²) in [5.74, 6) is 0.684. The molecule has 1 saturated heterocycles. The van der Waals surface area contributed by atoms with Crippen LogP contribution in [0.1, 0.15) is 41.4 Å². The van der Waals surface area contributed by atoms with Gasteiger partial charge in [0.15, 0.2) is 5.78 Å². The Kier molecular flexibility index (Phi) is 5.99. The molecule has 1 atom stereocenters. The summed E-state index contributed by atoms with van der Waals surface area (Å²) in [5, 5.41) is 5.08. The largest absolute Gasteiger partial charge is 0.496 e. The average molecular weight is 376 g/mol. The molecule has 6 heteroatoms. The van der Waals surface area contributed by atoms with Gasteiger partial charge in [0.25, 0.3) is 0 Å². The number of hydrogen-bond donors (Lipinski definition) is 0. The maximum Gasteiger partial charge on any atom is 0.170 e. The number of ketones is 1. The molecule has 0 saturated carbocycles. The van der Waals surface area contributed by atoms with Crippen molar-refractivity contribution < 1.29 is 9.53 Å². The number of carbonyl (C=O) groups excluding carboxylic acids is 1. The van der Waals surface area contributed by atoms with Crippen molar-refractivity contribution in [3.63, 3.8) is 0 Å². The summed E-state index contributed by atoms with van der Waals surface area (Å²) in [7, 11) is 1.58. The molecule has 1 aromatic carbocycles. The minimum Gasteiger partial charge on any atom is -0.496 e. The lowest BCUT2D eigenvalue weighted by molar-refractivity contribution is 0.0808. The van der Waals surface area contributed by atoms with E-state index >= 15 is 0 Å². The summed E-state index contributed by atoms with van der Waals surface area (Å²) in [6.07, 6.45) is 4.03. The molecule has 26 heavy (non-hydrogen) atoms. The third-order valence-corrected chi connectivity index (χ3v) is 5.30. The SMILES string of the molecule is CCn1cc(CN2CCCC(C(=O)c3cc(Cl)ccc3OC)C2)c(C)n1. The van der Waals surface area contributed by atoms with Gasteiger partial charge in [0.1, 0.15) is 5.75 Å². The molecule has 5 nitrogen and oxygen atoms in total. The highest BCUT2D eigenvalue weighted by atomic mass is 35.5. The summed E-state index contributed by atoms with van der Waals surface area (Å²) in [6, 6.07) is 5.23. The predicted molar refractivity (Wildman–Crippen MR) is 103 cm³/mol. The van der Waals surface area contributed by atoms with Gasteiger partial charge in [0.2, 0.25) is 0 Å². The van der Waals surface area contributed by atoms with Crippen molar-refractivity contribution in [2.24, 2.45) is 5.92 Å². The quantitative estimate of drug-likeness (QED) is 0.717. The summed E-state index contributed by atoms with van der Waals surface area (Å²) < 4.78 is 7.33. The van der Waals surface area contributed by atoms with Crippen molar-refractivity contribution in [3.8, 4) is 5.75 Å². The molecule has 1 aliphatic heterocycles. The fourth-order valence-electron chi connectivity index (χ4n) is 3.62. The molecule has 1 aromatic heterocycles. The van der Waals surface area contributed by atoms with Crippen LogP contribution in [0.3, 0.4) is 0 Å². The van der Waals surface area contributed by atoms with Gasteiger partial charge in [0.05, 0.1) is 18.4 Å². The van der Waals surface area contributed by atoms with Crippen molar-refractivity contribution in [2.75, 3.05) is 20.2 Å². The number of rotatable bonds is 6. The second-order valence-corrected chi connectivity index (χ2v) is 7.32. The van der Waals surface area contributed by atoms with Crippen LogP contribution in [0.25, 0.3) is 0 Å². The second-order valence-electron chi connectivity index (χ2n) is 6.88. The first-order chi connectivity index (χ1) is 12.5. The highest BCUT2D eigenvalue weighted by Gasteiger charge is 2.29. The first-order valence-electron chi connectivity index (χ1n) is 9.14. The number of halogens is 1. The number of ether oxygens (including phenoxy) is 1. The molecule has 0 N–H and O–H groups in total. The highest BCUT2D eigenvalue weighted by Crippen LogP contribution is 2.29. The Morgan fingerprint density at radius 2 is 2.23 bits per heavy atom. The van der Waals surface area contributed by atoms with Crippen molar-refractivity contribution in [2.45, 2.75) is 39.8 Å². The van der Waals surface area contributed by atoms with E-state index in [1.807, 2.05) is 11.6 Å². The molecule has 0 amide bonds. The lowest BCUT2D eigenvalue weighted by Gasteiger charge is -2.32. The number of carbonyl (C=O) groups is 1. The molecule has 0 spiro atoms. The zero-order valence-corrected chi connectivity index (χ0v) is 16.4. The number of Topliss-reactive ketones (excluding diaryl/α,β-unsaturated/α-hetero) is 1. The van der Waals surface area contributed by atoms with E-state index in [9.17, 15) is 4.79 Å². The first-order valence-corrected chi connectivity index (χ1v) is 9.52. The molecule has 3 rings (SSSR count). The number of aryl methyl sites for hydroxylation is 2. The van der Waals surface area contributed by atoms with Crippen molar-refractivity contribution >= 4 is 17.4 Å². The Labute approximate surface area is 159 Å². The molecule has 1 unspecified atom stereocenters. The standard InChI is InChI=1S/C20H26ClN3O2/c1-4-24-13-16(14(2)22-24)12-23-9-5-6-15(11-23)20(25)18-10-17(21)7-8-19(18)26-3/h7-8,10,13,15H,4-6,9,11-12H2,1-3H3. The van der Waals surface area contributed by atoms with Gasteiger partial charge in [-0.2, -0.15) is 5.10 Å². The van der Waals surface area contributed by atoms with Crippen molar-refractivity contribution in [1.29, 1.82) is 0 Å². The second kappa shape index (κ2) is 8.23. The van der Waals surface area contributed by atoms with Gasteiger partial charge in [0, 0.05) is 42.3 Å². The smallest absolute Gasteiger partial charge is 0.170 e.